The Hall–Kier alpha value is -1.57. The first-order valence-electron chi connectivity index (χ1n) is 7.60. The predicted octanol–water partition coefficient (Wildman–Crippen LogP) is 1.79. The average Bonchev–Trinajstić information content (AvgIpc) is 2.97. The van der Waals surface area contributed by atoms with Gasteiger partial charge in [-0.3, -0.25) is 9.59 Å². The lowest BCUT2D eigenvalue weighted by molar-refractivity contribution is -0.139. The Labute approximate surface area is 121 Å². The number of rotatable bonds is 7. The van der Waals surface area contributed by atoms with E-state index in [1.807, 2.05) is 19.9 Å². The van der Waals surface area contributed by atoms with Crippen molar-refractivity contribution in [2.75, 3.05) is 26.2 Å². The molecule has 1 aliphatic heterocycles. The number of hydrogen-bond donors (Lipinski definition) is 0. The van der Waals surface area contributed by atoms with Crippen LogP contribution in [0, 0.1) is 17.2 Å². The molecule has 5 heteroatoms. The van der Waals surface area contributed by atoms with Crippen LogP contribution in [0.5, 0.6) is 0 Å². The molecule has 1 unspecified atom stereocenters. The molecule has 0 aromatic carbocycles. The number of carbonyl (C=O) groups excluding carboxylic acids is 2. The van der Waals surface area contributed by atoms with Crippen molar-refractivity contribution in [2.24, 2.45) is 5.92 Å². The van der Waals surface area contributed by atoms with Crippen LogP contribution in [-0.4, -0.2) is 47.8 Å². The molecule has 0 saturated carbocycles. The van der Waals surface area contributed by atoms with Crippen molar-refractivity contribution < 1.29 is 9.59 Å². The molecule has 1 atom stereocenters. The predicted molar refractivity (Wildman–Crippen MR) is 76.7 cm³/mol. The molecule has 1 fully saturated rings. The third-order valence-corrected chi connectivity index (χ3v) is 3.59. The summed E-state index contributed by atoms with van der Waals surface area (Å²) in [5.41, 5.74) is 0. The molecular formula is C15H25N3O2. The highest BCUT2D eigenvalue weighted by atomic mass is 16.2. The summed E-state index contributed by atoms with van der Waals surface area (Å²) < 4.78 is 0. The average molecular weight is 279 g/mol. The molecule has 0 radical (unpaired) electrons. The Morgan fingerprint density at radius 1 is 1.20 bits per heavy atom. The zero-order valence-electron chi connectivity index (χ0n) is 12.6. The molecule has 0 aromatic heterocycles. The fourth-order valence-corrected chi connectivity index (χ4v) is 2.55. The van der Waals surface area contributed by atoms with Gasteiger partial charge < -0.3 is 9.80 Å². The van der Waals surface area contributed by atoms with Crippen LogP contribution in [0.1, 0.15) is 46.0 Å². The first-order chi connectivity index (χ1) is 9.63. The molecule has 0 aromatic rings. The van der Waals surface area contributed by atoms with E-state index in [0.29, 0.717) is 13.1 Å². The monoisotopic (exact) mass is 279 g/mol. The van der Waals surface area contributed by atoms with Gasteiger partial charge in [0.25, 0.3) is 0 Å². The summed E-state index contributed by atoms with van der Waals surface area (Å²) in [5, 5.41) is 9.18. The smallest absolute Gasteiger partial charge is 0.240 e. The second kappa shape index (κ2) is 8.57. The lowest BCUT2D eigenvalue weighted by Gasteiger charge is -2.24. The fraction of sp³-hybridized carbons (Fsp3) is 0.800. The summed E-state index contributed by atoms with van der Waals surface area (Å²) >= 11 is 0. The fourth-order valence-electron chi connectivity index (χ4n) is 2.55. The van der Waals surface area contributed by atoms with Gasteiger partial charge in [-0.2, -0.15) is 5.26 Å². The number of likely N-dealkylation sites (tertiary alicyclic amines) is 1. The highest BCUT2D eigenvalue weighted by molar-refractivity contribution is 5.87. The van der Waals surface area contributed by atoms with Crippen LogP contribution in [0.2, 0.25) is 0 Å². The van der Waals surface area contributed by atoms with Crippen molar-refractivity contribution in [1.82, 2.24) is 9.80 Å². The van der Waals surface area contributed by atoms with Gasteiger partial charge in [0.15, 0.2) is 0 Å². The topological polar surface area (TPSA) is 64.4 Å². The van der Waals surface area contributed by atoms with E-state index in [1.165, 1.54) is 0 Å². The van der Waals surface area contributed by atoms with Gasteiger partial charge in [-0.15, -0.1) is 0 Å². The number of hydrogen-bond acceptors (Lipinski definition) is 3. The summed E-state index contributed by atoms with van der Waals surface area (Å²) in [6.07, 6.45) is 3.79. The van der Waals surface area contributed by atoms with E-state index in [4.69, 9.17) is 0 Å². The molecular weight excluding hydrogens is 254 g/mol. The van der Waals surface area contributed by atoms with Crippen LogP contribution in [0.15, 0.2) is 0 Å². The molecule has 1 rings (SSSR count). The van der Waals surface area contributed by atoms with Gasteiger partial charge >= 0.3 is 0 Å². The number of carbonyl (C=O) groups is 2. The van der Waals surface area contributed by atoms with E-state index in [0.717, 1.165) is 38.8 Å². The van der Waals surface area contributed by atoms with E-state index in [-0.39, 0.29) is 18.2 Å². The van der Waals surface area contributed by atoms with Crippen molar-refractivity contribution in [2.45, 2.75) is 46.0 Å². The standard InChI is InChI=1S/C15H25N3O2/c1-3-7-17(8-4-2)14(19)11-13(12-16)15(20)18-9-5-6-10-18/h13H,3-11H2,1-2H3. The van der Waals surface area contributed by atoms with Gasteiger partial charge in [0, 0.05) is 26.2 Å². The molecule has 0 spiro atoms. The quantitative estimate of drug-likeness (QED) is 0.713. The molecule has 112 valence electrons. The van der Waals surface area contributed by atoms with E-state index in [1.54, 1.807) is 9.80 Å². The van der Waals surface area contributed by atoms with Gasteiger partial charge in [0.2, 0.25) is 11.8 Å². The number of amides is 2. The second-order valence-electron chi connectivity index (χ2n) is 5.30. The maximum atomic E-state index is 12.2. The molecule has 0 aliphatic carbocycles. The van der Waals surface area contributed by atoms with E-state index in [9.17, 15) is 14.9 Å². The van der Waals surface area contributed by atoms with Crippen molar-refractivity contribution >= 4 is 11.8 Å². The first kappa shape index (κ1) is 16.5. The number of nitrogens with zero attached hydrogens (tertiary/aromatic N) is 3. The van der Waals surface area contributed by atoms with Crippen molar-refractivity contribution in [3.63, 3.8) is 0 Å². The molecule has 5 nitrogen and oxygen atoms in total. The van der Waals surface area contributed by atoms with Crippen LogP contribution in [0.4, 0.5) is 0 Å². The van der Waals surface area contributed by atoms with Gasteiger partial charge in [-0.05, 0) is 25.7 Å². The summed E-state index contributed by atoms with van der Waals surface area (Å²) in [6, 6.07) is 2.01. The van der Waals surface area contributed by atoms with E-state index < -0.39 is 5.92 Å². The van der Waals surface area contributed by atoms with Crippen molar-refractivity contribution in [3.05, 3.63) is 0 Å². The zero-order chi connectivity index (χ0) is 15.0. The highest BCUT2D eigenvalue weighted by Gasteiger charge is 2.29. The molecule has 1 aliphatic rings. The first-order valence-corrected chi connectivity index (χ1v) is 7.60. The SMILES string of the molecule is CCCN(CCC)C(=O)CC(C#N)C(=O)N1CCCC1. The summed E-state index contributed by atoms with van der Waals surface area (Å²) in [7, 11) is 0. The lowest BCUT2D eigenvalue weighted by atomic mass is 10.0. The van der Waals surface area contributed by atoms with Gasteiger partial charge in [0.05, 0.1) is 12.5 Å². The van der Waals surface area contributed by atoms with Crippen LogP contribution >= 0.6 is 0 Å². The minimum atomic E-state index is -0.822. The minimum Gasteiger partial charge on any atom is -0.343 e. The van der Waals surface area contributed by atoms with Crippen LogP contribution in [-0.2, 0) is 9.59 Å². The summed E-state index contributed by atoms with van der Waals surface area (Å²) in [4.78, 5) is 27.9. The third kappa shape index (κ3) is 4.52. The second-order valence-corrected chi connectivity index (χ2v) is 5.30. The van der Waals surface area contributed by atoms with Crippen molar-refractivity contribution in [1.29, 1.82) is 5.26 Å². The summed E-state index contributed by atoms with van der Waals surface area (Å²) in [6.45, 7) is 6.88. The molecule has 0 bridgehead atoms. The third-order valence-electron chi connectivity index (χ3n) is 3.59. The maximum absolute atomic E-state index is 12.2. The van der Waals surface area contributed by atoms with E-state index >= 15 is 0 Å². The van der Waals surface area contributed by atoms with Crippen LogP contribution in [0.3, 0.4) is 0 Å². The van der Waals surface area contributed by atoms with Crippen molar-refractivity contribution in [3.8, 4) is 6.07 Å². The Morgan fingerprint density at radius 2 is 1.75 bits per heavy atom. The van der Waals surface area contributed by atoms with Gasteiger partial charge in [0.1, 0.15) is 5.92 Å². The maximum Gasteiger partial charge on any atom is 0.240 e. The Morgan fingerprint density at radius 3 is 2.20 bits per heavy atom. The van der Waals surface area contributed by atoms with Gasteiger partial charge in [-0.25, -0.2) is 0 Å². The molecule has 2 amide bonds. The Kier molecular flexibility index (Phi) is 7.06. The summed E-state index contributed by atoms with van der Waals surface area (Å²) in [5.74, 6) is -1.07. The molecule has 1 saturated heterocycles. The van der Waals surface area contributed by atoms with Crippen LogP contribution < -0.4 is 0 Å². The Balaban J connectivity index is 2.59. The Bertz CT molecular complexity index is 364. The highest BCUT2D eigenvalue weighted by Crippen LogP contribution is 2.15. The molecule has 0 N–H and O–H groups in total. The van der Waals surface area contributed by atoms with Crippen LogP contribution in [0.25, 0.3) is 0 Å². The minimum absolute atomic E-state index is 0.0197. The molecule has 1 heterocycles. The normalized spacial score (nSPS) is 15.8. The largest absolute Gasteiger partial charge is 0.343 e. The number of nitriles is 1. The molecule has 20 heavy (non-hydrogen) atoms. The van der Waals surface area contributed by atoms with E-state index in [2.05, 4.69) is 0 Å². The lowest BCUT2D eigenvalue weighted by Crippen LogP contribution is -2.38. The van der Waals surface area contributed by atoms with Gasteiger partial charge in [-0.1, -0.05) is 13.8 Å². The zero-order valence-corrected chi connectivity index (χ0v) is 12.6.